The van der Waals surface area contributed by atoms with Crippen LogP contribution in [-0.2, 0) is 0 Å². The lowest BCUT2D eigenvalue weighted by Crippen LogP contribution is -2.48. The van der Waals surface area contributed by atoms with Crippen molar-refractivity contribution in [2.24, 2.45) is 5.92 Å². The molecule has 1 saturated heterocycles. The van der Waals surface area contributed by atoms with Crippen LogP contribution in [0.4, 0.5) is 5.69 Å². The molecule has 1 N–H and O–H groups in total. The molecule has 0 bridgehead atoms. The second-order valence-corrected chi connectivity index (χ2v) is 6.30. The molecule has 0 saturated carbocycles. The number of nitrogens with one attached hydrogen (secondary N) is 1. The summed E-state index contributed by atoms with van der Waals surface area (Å²) in [6, 6.07) is 4.58. The average Bonchev–Trinajstić information content (AvgIpc) is 2.41. The molecule has 114 valence electrons. The van der Waals surface area contributed by atoms with E-state index in [1.165, 1.54) is 12.1 Å². The molecule has 0 spiro atoms. The van der Waals surface area contributed by atoms with E-state index in [0.29, 0.717) is 11.5 Å². The summed E-state index contributed by atoms with van der Waals surface area (Å²) in [6.45, 7) is 3.97. The molecule has 2 rings (SSSR count). The van der Waals surface area contributed by atoms with E-state index in [1.54, 1.807) is 6.07 Å². The van der Waals surface area contributed by atoms with Crippen LogP contribution >= 0.6 is 15.9 Å². The van der Waals surface area contributed by atoms with Crippen molar-refractivity contribution in [2.45, 2.75) is 19.4 Å². The van der Waals surface area contributed by atoms with Crippen LogP contribution < -0.4 is 5.32 Å². The minimum absolute atomic E-state index is 0.0971. The monoisotopic (exact) mass is 355 g/mol. The van der Waals surface area contributed by atoms with E-state index in [0.717, 1.165) is 19.5 Å². The lowest BCUT2D eigenvalue weighted by molar-refractivity contribution is -0.385. The van der Waals surface area contributed by atoms with Crippen LogP contribution in [0.5, 0.6) is 0 Å². The lowest BCUT2D eigenvalue weighted by atomic mass is 9.94. The van der Waals surface area contributed by atoms with Crippen molar-refractivity contribution in [2.75, 3.05) is 20.1 Å². The lowest BCUT2D eigenvalue weighted by Gasteiger charge is -2.35. The van der Waals surface area contributed by atoms with E-state index in [9.17, 15) is 14.9 Å². The largest absolute Gasteiger partial charge is 0.349 e. The third kappa shape index (κ3) is 3.59. The fourth-order valence-corrected chi connectivity index (χ4v) is 3.24. The number of hydrogen-bond donors (Lipinski definition) is 1. The molecule has 1 heterocycles. The van der Waals surface area contributed by atoms with Gasteiger partial charge in [0.15, 0.2) is 0 Å². The van der Waals surface area contributed by atoms with Crippen LogP contribution in [0.3, 0.4) is 0 Å². The number of carbonyl (C=O) groups is 1. The fraction of sp³-hybridized carbons (Fsp3) is 0.500. The van der Waals surface area contributed by atoms with Gasteiger partial charge in [0.05, 0.1) is 10.5 Å². The van der Waals surface area contributed by atoms with Crippen molar-refractivity contribution in [3.63, 3.8) is 0 Å². The Balaban J connectivity index is 2.14. The summed E-state index contributed by atoms with van der Waals surface area (Å²) in [5.74, 6) is 0.0807. The molecule has 1 fully saturated rings. The summed E-state index contributed by atoms with van der Waals surface area (Å²) in [5.41, 5.74) is 0.203. The molecule has 2 unspecified atom stereocenters. The van der Waals surface area contributed by atoms with Crippen LogP contribution in [0.2, 0.25) is 0 Å². The van der Waals surface area contributed by atoms with Crippen molar-refractivity contribution in [1.29, 1.82) is 0 Å². The van der Waals surface area contributed by atoms with Crippen molar-refractivity contribution in [1.82, 2.24) is 10.2 Å². The minimum Gasteiger partial charge on any atom is -0.349 e. The number of piperidine rings is 1. The number of hydrogen-bond acceptors (Lipinski definition) is 4. The molecule has 1 aliphatic heterocycles. The number of likely N-dealkylation sites (tertiary alicyclic amines) is 1. The Hall–Kier alpha value is -1.47. The first-order valence-electron chi connectivity index (χ1n) is 6.82. The molecular weight excluding hydrogens is 338 g/mol. The van der Waals surface area contributed by atoms with Gasteiger partial charge in [0.1, 0.15) is 4.47 Å². The fourth-order valence-electron chi connectivity index (χ4n) is 2.65. The zero-order valence-corrected chi connectivity index (χ0v) is 13.6. The summed E-state index contributed by atoms with van der Waals surface area (Å²) < 4.78 is 0.230. The second-order valence-electron chi connectivity index (χ2n) is 5.50. The summed E-state index contributed by atoms with van der Waals surface area (Å²) in [5, 5.41) is 13.9. The molecule has 2 atom stereocenters. The highest BCUT2D eigenvalue weighted by molar-refractivity contribution is 9.10. The Morgan fingerprint density at radius 3 is 2.86 bits per heavy atom. The first-order chi connectivity index (χ1) is 9.90. The smallest absolute Gasteiger partial charge is 0.284 e. The average molecular weight is 356 g/mol. The molecule has 1 amide bonds. The predicted molar refractivity (Wildman–Crippen MR) is 83.3 cm³/mol. The normalized spacial score (nSPS) is 22.8. The van der Waals surface area contributed by atoms with Gasteiger partial charge in [-0.3, -0.25) is 14.9 Å². The minimum atomic E-state index is -0.501. The molecule has 0 aromatic heterocycles. The number of nitro groups is 1. The number of benzene rings is 1. The zero-order valence-electron chi connectivity index (χ0n) is 12.0. The van der Waals surface area contributed by atoms with Gasteiger partial charge < -0.3 is 10.2 Å². The molecule has 1 aromatic rings. The SMILES string of the molecule is CC1CN(C)CCC1NC(=O)c1cccc([N+](=O)[O-])c1Br. The summed E-state index contributed by atoms with van der Waals surface area (Å²) in [7, 11) is 2.06. The first-order valence-corrected chi connectivity index (χ1v) is 7.61. The van der Waals surface area contributed by atoms with Gasteiger partial charge >= 0.3 is 0 Å². The molecule has 1 aromatic carbocycles. The molecule has 0 aliphatic carbocycles. The van der Waals surface area contributed by atoms with E-state index >= 15 is 0 Å². The Bertz CT molecular complexity index is 564. The molecule has 21 heavy (non-hydrogen) atoms. The summed E-state index contributed by atoms with van der Waals surface area (Å²) in [4.78, 5) is 25.0. The van der Waals surface area contributed by atoms with Gasteiger partial charge in [-0.25, -0.2) is 0 Å². The van der Waals surface area contributed by atoms with Crippen LogP contribution in [0.15, 0.2) is 22.7 Å². The number of halogens is 1. The number of carbonyl (C=O) groups excluding carboxylic acids is 1. The van der Waals surface area contributed by atoms with E-state index in [4.69, 9.17) is 0 Å². The summed E-state index contributed by atoms with van der Waals surface area (Å²) >= 11 is 3.16. The Kier molecular flexibility index (Phi) is 4.95. The van der Waals surface area contributed by atoms with Crippen LogP contribution in [-0.4, -0.2) is 41.9 Å². The standard InChI is InChI=1S/C14H18BrN3O3/c1-9-8-17(2)7-6-11(9)16-14(19)10-4-3-5-12(13(10)15)18(20)21/h3-5,9,11H,6-8H2,1-2H3,(H,16,19). The number of amides is 1. The van der Waals surface area contributed by atoms with Crippen molar-refractivity contribution < 1.29 is 9.72 Å². The molecular formula is C14H18BrN3O3. The second kappa shape index (κ2) is 6.53. The van der Waals surface area contributed by atoms with E-state index < -0.39 is 4.92 Å². The Morgan fingerprint density at radius 1 is 1.52 bits per heavy atom. The maximum atomic E-state index is 12.4. The Morgan fingerprint density at radius 2 is 2.24 bits per heavy atom. The third-order valence-corrected chi connectivity index (χ3v) is 4.68. The highest BCUT2D eigenvalue weighted by Gasteiger charge is 2.27. The quantitative estimate of drug-likeness (QED) is 0.667. The maximum Gasteiger partial charge on any atom is 0.284 e. The van der Waals surface area contributed by atoms with Crippen LogP contribution in [0.25, 0.3) is 0 Å². The van der Waals surface area contributed by atoms with Gasteiger partial charge in [-0.2, -0.15) is 0 Å². The molecule has 6 nitrogen and oxygen atoms in total. The van der Waals surface area contributed by atoms with Gasteiger partial charge in [-0.05, 0) is 47.9 Å². The zero-order chi connectivity index (χ0) is 15.6. The topological polar surface area (TPSA) is 75.5 Å². The molecule has 0 radical (unpaired) electrons. The summed E-state index contributed by atoms with van der Waals surface area (Å²) in [6.07, 6.45) is 0.885. The van der Waals surface area contributed by atoms with Crippen LogP contribution in [0, 0.1) is 16.0 Å². The van der Waals surface area contributed by atoms with Crippen molar-refractivity contribution >= 4 is 27.5 Å². The highest BCUT2D eigenvalue weighted by Crippen LogP contribution is 2.28. The Labute approximate surface area is 131 Å². The van der Waals surface area contributed by atoms with Gasteiger partial charge in [0.25, 0.3) is 11.6 Å². The van der Waals surface area contributed by atoms with Crippen molar-refractivity contribution in [3.8, 4) is 0 Å². The van der Waals surface area contributed by atoms with Gasteiger partial charge in [0, 0.05) is 18.7 Å². The van der Waals surface area contributed by atoms with Crippen LogP contribution in [0.1, 0.15) is 23.7 Å². The number of rotatable bonds is 3. The van der Waals surface area contributed by atoms with Gasteiger partial charge in [0.2, 0.25) is 0 Å². The predicted octanol–water partition coefficient (Wildman–Crippen LogP) is 2.43. The van der Waals surface area contributed by atoms with E-state index in [2.05, 4.69) is 40.1 Å². The molecule has 7 heteroatoms. The van der Waals surface area contributed by atoms with E-state index in [1.807, 2.05) is 0 Å². The van der Waals surface area contributed by atoms with Gasteiger partial charge in [-0.1, -0.05) is 13.0 Å². The number of nitrogens with zero attached hydrogens (tertiary/aromatic N) is 2. The highest BCUT2D eigenvalue weighted by atomic mass is 79.9. The first kappa shape index (κ1) is 15.9. The van der Waals surface area contributed by atoms with E-state index in [-0.39, 0.29) is 22.1 Å². The van der Waals surface area contributed by atoms with Crippen molar-refractivity contribution in [3.05, 3.63) is 38.3 Å². The van der Waals surface area contributed by atoms with Gasteiger partial charge in [-0.15, -0.1) is 0 Å². The maximum absolute atomic E-state index is 12.4. The molecule has 1 aliphatic rings. The third-order valence-electron chi connectivity index (χ3n) is 3.84. The number of nitro benzene ring substituents is 1.